The van der Waals surface area contributed by atoms with Crippen molar-refractivity contribution in [2.75, 3.05) is 0 Å². The lowest BCUT2D eigenvalue weighted by Gasteiger charge is -2.03. The number of rotatable bonds is 1. The Hall–Kier alpha value is -1.47. The smallest absolute Gasteiger partial charge is 0.330 e. The Labute approximate surface area is 71.2 Å². The van der Waals surface area contributed by atoms with Crippen LogP contribution in [0.2, 0.25) is 0 Å². The minimum Gasteiger partial charge on any atom is -0.508 e. The van der Waals surface area contributed by atoms with Crippen LogP contribution < -0.4 is 5.46 Å². The molecular weight excluding hydrogens is 153 g/mol. The second-order valence-corrected chi connectivity index (χ2v) is 2.47. The van der Waals surface area contributed by atoms with Crippen LogP contribution in [0.5, 0.6) is 5.75 Å². The Bertz CT molecular complexity index is 320. The maximum atomic E-state index is 9.26. The molecule has 1 rings (SSSR count). The monoisotopic (exact) mass is 160 g/mol. The summed E-state index contributed by atoms with van der Waals surface area (Å²) in [4.78, 5) is 0. The topological polar surface area (TPSA) is 64.2 Å². The summed E-state index contributed by atoms with van der Waals surface area (Å²) < 4.78 is 0. The third-order valence-corrected chi connectivity index (χ3v) is 1.62. The number of benzene rings is 1. The maximum absolute atomic E-state index is 9.26. The molecule has 59 valence electrons. The molecule has 0 aliphatic heterocycles. The molecule has 1 aromatic carbocycles. The highest BCUT2D eigenvalue weighted by Gasteiger charge is 2.06. The molecule has 12 heavy (non-hydrogen) atoms. The molecule has 4 heteroatoms. The van der Waals surface area contributed by atoms with Gasteiger partial charge in [0, 0.05) is 0 Å². The zero-order valence-electron chi connectivity index (χ0n) is 6.57. The third kappa shape index (κ3) is 1.41. The quantitative estimate of drug-likeness (QED) is 0.559. The summed E-state index contributed by atoms with van der Waals surface area (Å²) in [6, 6.07) is 4.82. The van der Waals surface area contributed by atoms with E-state index in [0.717, 1.165) is 7.48 Å². The Morgan fingerprint density at radius 3 is 2.58 bits per heavy atom. The molecule has 0 spiro atoms. The molecule has 0 aliphatic carbocycles. The number of aromatic hydroxyl groups is 1. The van der Waals surface area contributed by atoms with Gasteiger partial charge in [0.15, 0.2) is 0 Å². The summed E-state index contributed by atoms with van der Waals surface area (Å²) in [5, 5.41) is 26.5. The average molecular weight is 160 g/mol. The Balaban J connectivity index is 3.30. The zero-order chi connectivity index (χ0) is 9.14. The molecule has 0 amide bonds. The first kappa shape index (κ1) is 8.63. The van der Waals surface area contributed by atoms with E-state index in [0.29, 0.717) is 16.6 Å². The molecule has 0 fully saturated rings. The zero-order valence-corrected chi connectivity index (χ0v) is 6.57. The van der Waals surface area contributed by atoms with E-state index in [9.17, 15) is 5.11 Å². The molecule has 0 unspecified atom stereocenters. The summed E-state index contributed by atoms with van der Waals surface area (Å²) in [6.07, 6.45) is 0. The second-order valence-electron chi connectivity index (χ2n) is 2.47. The van der Waals surface area contributed by atoms with Crippen molar-refractivity contribution in [1.29, 1.82) is 5.26 Å². The van der Waals surface area contributed by atoms with Gasteiger partial charge in [0.25, 0.3) is 0 Å². The maximum Gasteiger partial charge on any atom is 0.330 e. The van der Waals surface area contributed by atoms with Gasteiger partial charge in [0.2, 0.25) is 0 Å². The van der Waals surface area contributed by atoms with Gasteiger partial charge in [-0.15, -0.1) is 0 Å². The molecule has 0 heterocycles. The predicted molar refractivity (Wildman–Crippen MR) is 45.2 cm³/mol. The van der Waals surface area contributed by atoms with E-state index in [2.05, 4.69) is 0 Å². The summed E-state index contributed by atoms with van der Waals surface area (Å²) in [5.41, 5.74) is 1.42. The van der Waals surface area contributed by atoms with Crippen molar-refractivity contribution in [3.8, 4) is 11.8 Å². The van der Waals surface area contributed by atoms with Crippen molar-refractivity contribution in [2.45, 2.75) is 6.92 Å². The van der Waals surface area contributed by atoms with Crippen molar-refractivity contribution >= 4 is 12.9 Å². The molecule has 2 N–H and O–H groups in total. The van der Waals surface area contributed by atoms with Gasteiger partial charge in [0.1, 0.15) is 5.75 Å². The van der Waals surface area contributed by atoms with Crippen molar-refractivity contribution in [1.82, 2.24) is 0 Å². The van der Waals surface area contributed by atoms with Crippen LogP contribution in [0.25, 0.3) is 0 Å². The van der Waals surface area contributed by atoms with E-state index in [4.69, 9.17) is 10.3 Å². The van der Waals surface area contributed by atoms with Crippen molar-refractivity contribution in [2.24, 2.45) is 0 Å². The molecule has 0 aromatic heterocycles. The fraction of sp³-hybridized carbons (Fsp3) is 0.125. The van der Waals surface area contributed by atoms with Crippen LogP contribution in [0.15, 0.2) is 12.1 Å². The summed E-state index contributed by atoms with van der Waals surface area (Å²) in [6.45, 7) is 1.71. The van der Waals surface area contributed by atoms with Gasteiger partial charge >= 0.3 is 7.48 Å². The third-order valence-electron chi connectivity index (χ3n) is 1.62. The molecule has 1 radical (unpaired) electrons. The van der Waals surface area contributed by atoms with E-state index in [-0.39, 0.29) is 5.75 Å². The number of phenols is 1. The molecule has 0 saturated heterocycles. The van der Waals surface area contributed by atoms with Gasteiger partial charge in [-0.1, -0.05) is 0 Å². The van der Waals surface area contributed by atoms with E-state index in [1.807, 2.05) is 6.07 Å². The van der Waals surface area contributed by atoms with Crippen LogP contribution in [0.4, 0.5) is 0 Å². The number of hydrogen-bond acceptors (Lipinski definition) is 3. The van der Waals surface area contributed by atoms with Crippen LogP contribution in [-0.4, -0.2) is 17.6 Å². The summed E-state index contributed by atoms with van der Waals surface area (Å²) in [5.74, 6) is -0.0750. The number of nitrogens with zero attached hydrogens (tertiary/aromatic N) is 1. The minimum absolute atomic E-state index is 0.0750. The van der Waals surface area contributed by atoms with Gasteiger partial charge in [-0.25, -0.2) is 0 Å². The van der Waals surface area contributed by atoms with Crippen LogP contribution >= 0.6 is 0 Å². The molecule has 0 aliphatic rings. The van der Waals surface area contributed by atoms with Crippen molar-refractivity contribution in [3.63, 3.8) is 0 Å². The van der Waals surface area contributed by atoms with Gasteiger partial charge < -0.3 is 10.1 Å². The average Bonchev–Trinajstić information content (AvgIpc) is 2.03. The standard InChI is InChI=1S/C8H7BNO2/c1-5-2-6(4-10)3-7(11)8(5)9-12/h2-3,11-12H,1H3. The summed E-state index contributed by atoms with van der Waals surface area (Å²) >= 11 is 0. The predicted octanol–water partition coefficient (Wildman–Crippen LogP) is -0.191. The number of nitriles is 1. The highest BCUT2D eigenvalue weighted by Crippen LogP contribution is 2.10. The first-order valence-electron chi connectivity index (χ1n) is 3.40. The SMILES string of the molecule is Cc1cc(C#N)cc(O)c1[B]O. The lowest BCUT2D eigenvalue weighted by molar-refractivity contribution is 0.477. The summed E-state index contributed by atoms with van der Waals surface area (Å²) in [7, 11) is 0.825. The minimum atomic E-state index is -0.0750. The number of aryl methyl sites for hydroxylation is 1. The molecule has 0 atom stereocenters. The lowest BCUT2D eigenvalue weighted by atomic mass is 9.83. The molecule has 1 aromatic rings. The highest BCUT2D eigenvalue weighted by molar-refractivity contribution is 6.47. The van der Waals surface area contributed by atoms with Crippen molar-refractivity contribution in [3.05, 3.63) is 23.3 Å². The fourth-order valence-electron chi connectivity index (χ4n) is 1.01. The molecule has 3 nitrogen and oxygen atoms in total. The van der Waals surface area contributed by atoms with Crippen LogP contribution in [-0.2, 0) is 0 Å². The van der Waals surface area contributed by atoms with Crippen molar-refractivity contribution < 1.29 is 10.1 Å². The molecule has 0 saturated carbocycles. The molecular formula is C8H7BNO2. The first-order valence-corrected chi connectivity index (χ1v) is 3.40. The number of hydrogen-bond donors (Lipinski definition) is 2. The van der Waals surface area contributed by atoms with Gasteiger partial charge in [-0.05, 0) is 30.1 Å². The van der Waals surface area contributed by atoms with E-state index >= 15 is 0 Å². The van der Waals surface area contributed by atoms with Crippen LogP contribution in [0.1, 0.15) is 11.1 Å². The van der Waals surface area contributed by atoms with Gasteiger partial charge in [0.05, 0.1) is 11.6 Å². The van der Waals surface area contributed by atoms with E-state index in [1.165, 1.54) is 6.07 Å². The van der Waals surface area contributed by atoms with Crippen LogP contribution in [0, 0.1) is 18.3 Å². The number of phenolic OH excluding ortho intramolecular Hbond substituents is 1. The fourth-order valence-corrected chi connectivity index (χ4v) is 1.01. The Morgan fingerprint density at radius 1 is 1.50 bits per heavy atom. The Morgan fingerprint density at radius 2 is 2.17 bits per heavy atom. The first-order chi connectivity index (χ1) is 5.69. The Kier molecular flexibility index (Phi) is 2.36. The van der Waals surface area contributed by atoms with E-state index in [1.54, 1.807) is 13.0 Å². The molecule has 0 bridgehead atoms. The van der Waals surface area contributed by atoms with Gasteiger partial charge in [-0.2, -0.15) is 5.26 Å². The highest BCUT2D eigenvalue weighted by atomic mass is 16.3. The second kappa shape index (κ2) is 3.29. The van der Waals surface area contributed by atoms with Crippen LogP contribution in [0.3, 0.4) is 0 Å². The largest absolute Gasteiger partial charge is 0.508 e. The van der Waals surface area contributed by atoms with Gasteiger partial charge in [-0.3, -0.25) is 0 Å². The normalized spacial score (nSPS) is 9.08. The van der Waals surface area contributed by atoms with E-state index < -0.39 is 0 Å². The lowest BCUT2D eigenvalue weighted by Crippen LogP contribution is -2.17.